The molecule has 3 nitrogen and oxygen atoms in total. The number of hydrogen-bond acceptors (Lipinski definition) is 2. The van der Waals surface area contributed by atoms with E-state index < -0.39 is 0 Å². The van der Waals surface area contributed by atoms with E-state index in [0.717, 1.165) is 21.3 Å². The molecule has 0 radical (unpaired) electrons. The maximum absolute atomic E-state index is 12.8. The first-order valence-corrected chi connectivity index (χ1v) is 10.2. The second-order valence-corrected chi connectivity index (χ2v) is 7.95. The molecule has 0 unspecified atom stereocenters. The highest BCUT2D eigenvalue weighted by molar-refractivity contribution is 7.16. The molecule has 4 aromatic carbocycles. The van der Waals surface area contributed by atoms with E-state index in [4.69, 9.17) is 0 Å². The van der Waals surface area contributed by atoms with Crippen molar-refractivity contribution in [2.45, 2.75) is 0 Å². The molecule has 0 bridgehead atoms. The Balaban J connectivity index is 1.55. The lowest BCUT2D eigenvalue weighted by molar-refractivity contribution is 0.0998. The Morgan fingerprint density at radius 2 is 1.48 bits per heavy atom. The van der Waals surface area contributed by atoms with Gasteiger partial charge in [-0.15, -0.1) is 0 Å². The number of aromatic nitrogens is 1. The number of nitrogens with zero attached hydrogens (tertiary/aromatic N) is 2. The van der Waals surface area contributed by atoms with Gasteiger partial charge in [0, 0.05) is 18.0 Å². The molecular weight excluding hydrogens is 376 g/mol. The molecule has 5 aromatic rings. The number of benzene rings is 4. The number of rotatable bonds is 2. The van der Waals surface area contributed by atoms with Crippen LogP contribution in [0, 0.1) is 0 Å². The zero-order valence-corrected chi connectivity index (χ0v) is 16.7. The molecule has 0 aliphatic rings. The Labute approximate surface area is 172 Å². The van der Waals surface area contributed by atoms with Gasteiger partial charge in [0.15, 0.2) is 4.80 Å². The van der Waals surface area contributed by atoms with E-state index in [1.807, 2.05) is 66.2 Å². The molecule has 0 atom stereocenters. The topological polar surface area (TPSA) is 34.4 Å². The summed E-state index contributed by atoms with van der Waals surface area (Å²) in [7, 11) is 1.97. The van der Waals surface area contributed by atoms with E-state index in [2.05, 4.69) is 41.4 Å². The van der Waals surface area contributed by atoms with Gasteiger partial charge in [-0.05, 0) is 34.7 Å². The van der Waals surface area contributed by atoms with Gasteiger partial charge in [0.25, 0.3) is 5.91 Å². The highest BCUT2D eigenvalue weighted by atomic mass is 32.1. The van der Waals surface area contributed by atoms with Crippen LogP contribution < -0.4 is 4.80 Å². The van der Waals surface area contributed by atoms with Crippen LogP contribution in [0.5, 0.6) is 0 Å². The van der Waals surface area contributed by atoms with Gasteiger partial charge in [-0.25, -0.2) is 0 Å². The molecule has 1 heterocycles. The minimum Gasteiger partial charge on any atom is -0.319 e. The van der Waals surface area contributed by atoms with Crippen molar-refractivity contribution in [1.29, 1.82) is 0 Å². The molecule has 0 N–H and O–H groups in total. The van der Waals surface area contributed by atoms with Gasteiger partial charge in [0.2, 0.25) is 0 Å². The van der Waals surface area contributed by atoms with Crippen molar-refractivity contribution in [1.82, 2.24) is 4.57 Å². The van der Waals surface area contributed by atoms with Crippen molar-refractivity contribution in [3.8, 4) is 11.1 Å². The largest absolute Gasteiger partial charge is 0.319 e. The van der Waals surface area contributed by atoms with Gasteiger partial charge in [-0.3, -0.25) is 4.79 Å². The van der Waals surface area contributed by atoms with Crippen molar-refractivity contribution < 1.29 is 4.79 Å². The molecule has 0 saturated carbocycles. The molecule has 0 fully saturated rings. The van der Waals surface area contributed by atoms with Gasteiger partial charge >= 0.3 is 0 Å². The fourth-order valence-corrected chi connectivity index (χ4v) is 4.64. The first-order chi connectivity index (χ1) is 14.2. The van der Waals surface area contributed by atoms with Crippen molar-refractivity contribution in [3.05, 3.63) is 101 Å². The summed E-state index contributed by atoms with van der Waals surface area (Å²) >= 11 is 1.54. The van der Waals surface area contributed by atoms with Gasteiger partial charge in [0.1, 0.15) is 0 Å². The van der Waals surface area contributed by atoms with E-state index in [0.29, 0.717) is 10.4 Å². The lowest BCUT2D eigenvalue weighted by Gasteiger charge is -2.02. The van der Waals surface area contributed by atoms with Gasteiger partial charge in [-0.2, -0.15) is 4.99 Å². The molecule has 1 aromatic heterocycles. The summed E-state index contributed by atoms with van der Waals surface area (Å²) in [5.41, 5.74) is 3.92. The van der Waals surface area contributed by atoms with E-state index in [1.54, 1.807) is 0 Å². The van der Waals surface area contributed by atoms with Crippen LogP contribution in [-0.4, -0.2) is 10.5 Å². The van der Waals surface area contributed by atoms with E-state index in [9.17, 15) is 4.79 Å². The molecule has 140 valence electrons. The number of carbonyl (C=O) groups excluding carboxylic acids is 1. The summed E-state index contributed by atoms with van der Waals surface area (Å²) in [5, 5.41) is 2.35. The summed E-state index contributed by atoms with van der Waals surface area (Å²) in [6.07, 6.45) is 0. The number of thiazole rings is 1. The molecule has 1 amide bonds. The van der Waals surface area contributed by atoms with Crippen LogP contribution >= 0.6 is 11.3 Å². The summed E-state index contributed by atoms with van der Waals surface area (Å²) in [6.45, 7) is 0. The lowest BCUT2D eigenvalue weighted by Crippen LogP contribution is -2.13. The number of amides is 1. The fourth-order valence-electron chi connectivity index (χ4n) is 3.61. The van der Waals surface area contributed by atoms with Crippen LogP contribution in [0.1, 0.15) is 10.4 Å². The van der Waals surface area contributed by atoms with Crippen LogP contribution in [0.4, 0.5) is 0 Å². The number of fused-ring (bicyclic) bond motifs is 3. The SMILES string of the molecule is Cn1c(=NC(=O)c2ccc(-c3ccccc3)cc2)sc2ccc3ccccc3c21. The van der Waals surface area contributed by atoms with E-state index >= 15 is 0 Å². The molecule has 4 heteroatoms. The minimum atomic E-state index is -0.226. The molecule has 0 aliphatic heterocycles. The smallest absolute Gasteiger partial charge is 0.279 e. The maximum atomic E-state index is 12.8. The minimum absolute atomic E-state index is 0.226. The fraction of sp³-hybridized carbons (Fsp3) is 0.0400. The normalized spacial score (nSPS) is 12.0. The summed E-state index contributed by atoms with van der Waals surface area (Å²) < 4.78 is 3.13. The first-order valence-electron chi connectivity index (χ1n) is 9.42. The zero-order valence-electron chi connectivity index (χ0n) is 15.9. The van der Waals surface area contributed by atoms with Crippen molar-refractivity contribution in [3.63, 3.8) is 0 Å². The van der Waals surface area contributed by atoms with Crippen LogP contribution in [0.3, 0.4) is 0 Å². The third kappa shape index (κ3) is 3.18. The Morgan fingerprint density at radius 3 is 2.28 bits per heavy atom. The number of aryl methyl sites for hydroxylation is 1. The van der Waals surface area contributed by atoms with Gasteiger partial charge in [0.05, 0.1) is 10.2 Å². The molecular formula is C25H18N2OS. The average molecular weight is 394 g/mol. The van der Waals surface area contributed by atoms with Crippen LogP contribution in [-0.2, 0) is 7.05 Å². The van der Waals surface area contributed by atoms with Crippen molar-refractivity contribution >= 4 is 38.2 Å². The molecule has 5 rings (SSSR count). The summed E-state index contributed by atoms with van der Waals surface area (Å²) in [5.74, 6) is -0.226. The average Bonchev–Trinajstić information content (AvgIpc) is 3.10. The Bertz CT molecular complexity index is 1410. The monoisotopic (exact) mass is 394 g/mol. The molecule has 0 spiro atoms. The third-order valence-corrected chi connectivity index (χ3v) is 6.22. The quantitative estimate of drug-likeness (QED) is 0.372. The molecule has 29 heavy (non-hydrogen) atoms. The summed E-state index contributed by atoms with van der Waals surface area (Å²) in [4.78, 5) is 17.9. The number of hydrogen-bond donors (Lipinski definition) is 0. The maximum Gasteiger partial charge on any atom is 0.279 e. The standard InChI is InChI=1S/C25H18N2OS/c1-27-23-21-10-6-5-9-19(21)15-16-22(23)29-25(27)26-24(28)20-13-11-18(12-14-20)17-7-3-2-4-8-17/h2-16H,1H3. The van der Waals surface area contributed by atoms with Gasteiger partial charge in [-0.1, -0.05) is 84.1 Å². The van der Waals surface area contributed by atoms with Crippen LogP contribution in [0.15, 0.2) is 96.0 Å². The predicted octanol–water partition coefficient (Wildman–Crippen LogP) is 5.80. The number of carbonyl (C=O) groups is 1. The van der Waals surface area contributed by atoms with Crippen LogP contribution in [0.2, 0.25) is 0 Å². The van der Waals surface area contributed by atoms with Crippen molar-refractivity contribution in [2.75, 3.05) is 0 Å². The Morgan fingerprint density at radius 1 is 0.793 bits per heavy atom. The third-order valence-electron chi connectivity index (χ3n) is 5.12. The molecule has 0 aliphatic carbocycles. The highest BCUT2D eigenvalue weighted by Gasteiger charge is 2.10. The van der Waals surface area contributed by atoms with Gasteiger partial charge < -0.3 is 4.57 Å². The summed E-state index contributed by atoms with van der Waals surface area (Å²) in [6, 6.07) is 30.2. The molecule has 0 saturated heterocycles. The van der Waals surface area contributed by atoms with E-state index in [1.165, 1.54) is 22.1 Å². The Hall–Kier alpha value is -3.50. The van der Waals surface area contributed by atoms with Crippen LogP contribution in [0.25, 0.3) is 32.1 Å². The lowest BCUT2D eigenvalue weighted by atomic mass is 10.0. The predicted molar refractivity (Wildman–Crippen MR) is 120 cm³/mol. The second kappa shape index (κ2) is 7.15. The zero-order chi connectivity index (χ0) is 19.8. The Kier molecular flexibility index (Phi) is 4.34. The first kappa shape index (κ1) is 17.6. The van der Waals surface area contributed by atoms with E-state index in [-0.39, 0.29) is 5.91 Å². The highest BCUT2D eigenvalue weighted by Crippen LogP contribution is 2.26. The second-order valence-electron chi connectivity index (χ2n) is 6.94. The van der Waals surface area contributed by atoms with Crippen molar-refractivity contribution in [2.24, 2.45) is 12.0 Å².